The van der Waals surface area contributed by atoms with Crippen molar-refractivity contribution in [3.8, 4) is 11.5 Å². The van der Waals surface area contributed by atoms with Crippen molar-refractivity contribution in [3.63, 3.8) is 0 Å². The third-order valence-corrected chi connectivity index (χ3v) is 4.38. The van der Waals surface area contributed by atoms with Crippen molar-refractivity contribution in [1.82, 2.24) is 10.2 Å². The van der Waals surface area contributed by atoms with Crippen LogP contribution in [0.1, 0.15) is 25.0 Å². The van der Waals surface area contributed by atoms with Crippen LogP contribution < -0.4 is 14.8 Å². The molecule has 150 valence electrons. The molecular weight excluding hydrogens is 356 g/mol. The van der Waals surface area contributed by atoms with Crippen molar-refractivity contribution >= 4 is 11.8 Å². The fraction of sp³-hybridized carbons (Fsp3) is 0.364. The Labute approximate surface area is 166 Å². The van der Waals surface area contributed by atoms with Crippen LogP contribution in [0.3, 0.4) is 0 Å². The largest absolute Gasteiger partial charge is 0.497 e. The molecule has 28 heavy (non-hydrogen) atoms. The Bertz CT molecular complexity index is 789. The maximum absolute atomic E-state index is 12.9. The molecule has 2 aromatic rings. The van der Waals surface area contributed by atoms with Crippen LogP contribution >= 0.6 is 0 Å². The molecule has 2 aromatic carbocycles. The number of methoxy groups -OCH3 is 1. The Balaban J connectivity index is 2.13. The van der Waals surface area contributed by atoms with Gasteiger partial charge in [-0.25, -0.2) is 0 Å². The monoisotopic (exact) mass is 384 g/mol. The third kappa shape index (κ3) is 6.01. The number of amides is 2. The van der Waals surface area contributed by atoms with Gasteiger partial charge in [0.05, 0.1) is 7.11 Å². The van der Waals surface area contributed by atoms with Gasteiger partial charge < -0.3 is 19.7 Å². The number of carbonyl (C=O) groups excluding carboxylic acids is 2. The molecule has 0 aliphatic rings. The smallest absolute Gasteiger partial charge is 0.261 e. The van der Waals surface area contributed by atoms with Gasteiger partial charge >= 0.3 is 0 Å². The highest BCUT2D eigenvalue weighted by molar-refractivity contribution is 5.87. The van der Waals surface area contributed by atoms with E-state index in [2.05, 4.69) is 5.32 Å². The lowest BCUT2D eigenvalue weighted by Crippen LogP contribution is -2.49. The van der Waals surface area contributed by atoms with E-state index in [0.717, 1.165) is 16.9 Å². The number of hydrogen-bond acceptors (Lipinski definition) is 4. The van der Waals surface area contributed by atoms with Crippen molar-refractivity contribution in [2.24, 2.45) is 0 Å². The molecule has 0 aliphatic carbocycles. The second kappa shape index (κ2) is 10.3. The van der Waals surface area contributed by atoms with Crippen LogP contribution in [0.2, 0.25) is 0 Å². The molecule has 2 rings (SSSR count). The molecular formula is C22H28N2O4. The zero-order valence-corrected chi connectivity index (χ0v) is 16.9. The van der Waals surface area contributed by atoms with Gasteiger partial charge in [0.25, 0.3) is 5.91 Å². The highest BCUT2D eigenvalue weighted by Gasteiger charge is 2.26. The van der Waals surface area contributed by atoms with E-state index in [0.29, 0.717) is 18.8 Å². The van der Waals surface area contributed by atoms with E-state index in [1.807, 2.05) is 56.3 Å². The molecule has 0 aliphatic heterocycles. The van der Waals surface area contributed by atoms with Crippen molar-refractivity contribution in [1.29, 1.82) is 0 Å². The molecule has 1 N–H and O–H groups in total. The number of carbonyl (C=O) groups is 2. The first-order chi connectivity index (χ1) is 13.4. The molecule has 0 spiro atoms. The van der Waals surface area contributed by atoms with Crippen molar-refractivity contribution in [3.05, 3.63) is 59.7 Å². The summed E-state index contributed by atoms with van der Waals surface area (Å²) in [6.45, 7) is 6.21. The van der Waals surface area contributed by atoms with Gasteiger partial charge in [0, 0.05) is 13.1 Å². The van der Waals surface area contributed by atoms with Gasteiger partial charge in [-0.3, -0.25) is 9.59 Å². The van der Waals surface area contributed by atoms with Crippen LogP contribution in [-0.2, 0) is 16.1 Å². The number of nitrogens with zero attached hydrogens (tertiary/aromatic N) is 1. The van der Waals surface area contributed by atoms with Crippen molar-refractivity contribution in [2.45, 2.75) is 33.4 Å². The van der Waals surface area contributed by atoms with E-state index in [9.17, 15) is 9.59 Å². The summed E-state index contributed by atoms with van der Waals surface area (Å²) in [5, 5.41) is 2.77. The van der Waals surface area contributed by atoms with Crippen LogP contribution in [-0.4, -0.2) is 43.0 Å². The minimum atomic E-state index is -0.615. The standard InChI is InChI=1S/C22H28N2O4/c1-5-23-22(26)17(3)24(14-18-9-11-19(27-4)12-10-18)21(25)15-28-20-8-6-7-16(2)13-20/h6-13,17H,5,14-15H2,1-4H3,(H,23,26)/t17-/m1/s1. The van der Waals surface area contributed by atoms with Gasteiger partial charge in [-0.05, 0) is 56.2 Å². The molecule has 0 radical (unpaired) electrons. The molecule has 2 amide bonds. The summed E-state index contributed by atoms with van der Waals surface area (Å²) in [4.78, 5) is 26.7. The number of likely N-dealkylation sites (N-methyl/N-ethyl adjacent to an activating group) is 1. The van der Waals surface area contributed by atoms with E-state index >= 15 is 0 Å². The zero-order chi connectivity index (χ0) is 20.5. The minimum absolute atomic E-state index is 0.136. The fourth-order valence-corrected chi connectivity index (χ4v) is 2.77. The number of nitrogens with one attached hydrogen (secondary N) is 1. The summed E-state index contributed by atoms with van der Waals surface area (Å²) in [6.07, 6.45) is 0. The maximum Gasteiger partial charge on any atom is 0.261 e. The molecule has 6 heteroatoms. The predicted octanol–water partition coefficient (Wildman–Crippen LogP) is 2.94. The lowest BCUT2D eigenvalue weighted by Gasteiger charge is -2.28. The molecule has 0 fully saturated rings. The molecule has 0 saturated heterocycles. The molecule has 0 unspecified atom stereocenters. The highest BCUT2D eigenvalue weighted by Crippen LogP contribution is 2.16. The van der Waals surface area contributed by atoms with Gasteiger partial charge in [-0.1, -0.05) is 24.3 Å². The minimum Gasteiger partial charge on any atom is -0.497 e. The van der Waals surface area contributed by atoms with Gasteiger partial charge in [0.1, 0.15) is 17.5 Å². The van der Waals surface area contributed by atoms with Crippen LogP contribution in [0.4, 0.5) is 0 Å². The van der Waals surface area contributed by atoms with Crippen molar-refractivity contribution < 1.29 is 19.1 Å². The molecule has 0 bridgehead atoms. The van der Waals surface area contributed by atoms with E-state index < -0.39 is 6.04 Å². The molecule has 1 atom stereocenters. The number of benzene rings is 2. The van der Waals surface area contributed by atoms with Crippen LogP contribution in [0.25, 0.3) is 0 Å². The Morgan fingerprint density at radius 3 is 2.43 bits per heavy atom. The van der Waals surface area contributed by atoms with Crippen LogP contribution in [0, 0.1) is 6.92 Å². The van der Waals surface area contributed by atoms with Crippen molar-refractivity contribution in [2.75, 3.05) is 20.3 Å². The normalized spacial score (nSPS) is 11.4. The summed E-state index contributed by atoms with van der Waals surface area (Å²) < 4.78 is 10.8. The first-order valence-electron chi connectivity index (χ1n) is 9.34. The fourth-order valence-electron chi connectivity index (χ4n) is 2.77. The number of ether oxygens (including phenoxy) is 2. The summed E-state index contributed by atoms with van der Waals surface area (Å²) >= 11 is 0. The lowest BCUT2D eigenvalue weighted by atomic mass is 10.1. The third-order valence-electron chi connectivity index (χ3n) is 4.38. The Kier molecular flexibility index (Phi) is 7.87. The Hall–Kier alpha value is -3.02. The number of aryl methyl sites for hydroxylation is 1. The average molecular weight is 384 g/mol. The second-order valence-electron chi connectivity index (χ2n) is 6.55. The summed E-state index contributed by atoms with van der Waals surface area (Å²) in [7, 11) is 1.60. The Morgan fingerprint density at radius 2 is 1.82 bits per heavy atom. The topological polar surface area (TPSA) is 67.9 Å². The Morgan fingerprint density at radius 1 is 1.11 bits per heavy atom. The second-order valence-corrected chi connectivity index (χ2v) is 6.55. The van der Waals surface area contributed by atoms with Gasteiger partial charge in [-0.15, -0.1) is 0 Å². The van der Waals surface area contributed by atoms with Gasteiger partial charge in [0.15, 0.2) is 6.61 Å². The first-order valence-corrected chi connectivity index (χ1v) is 9.34. The van der Waals surface area contributed by atoms with E-state index in [1.54, 1.807) is 20.1 Å². The summed E-state index contributed by atoms with van der Waals surface area (Å²) in [5.41, 5.74) is 1.96. The quantitative estimate of drug-likeness (QED) is 0.722. The first kappa shape index (κ1) is 21.3. The summed E-state index contributed by atoms with van der Waals surface area (Å²) in [6, 6.07) is 14.3. The van der Waals surface area contributed by atoms with E-state index in [4.69, 9.17) is 9.47 Å². The SMILES string of the molecule is CCNC(=O)[C@@H](C)N(Cc1ccc(OC)cc1)C(=O)COc1cccc(C)c1. The predicted molar refractivity (Wildman–Crippen MR) is 108 cm³/mol. The molecule has 6 nitrogen and oxygen atoms in total. The van der Waals surface area contributed by atoms with E-state index in [1.165, 1.54) is 4.90 Å². The molecule has 0 saturated carbocycles. The van der Waals surface area contributed by atoms with E-state index in [-0.39, 0.29) is 18.4 Å². The van der Waals surface area contributed by atoms with Crippen LogP contribution in [0.15, 0.2) is 48.5 Å². The number of hydrogen-bond donors (Lipinski definition) is 1. The van der Waals surface area contributed by atoms with Gasteiger partial charge in [0.2, 0.25) is 5.91 Å². The zero-order valence-electron chi connectivity index (χ0n) is 16.9. The average Bonchev–Trinajstić information content (AvgIpc) is 2.70. The number of rotatable bonds is 9. The van der Waals surface area contributed by atoms with Gasteiger partial charge in [-0.2, -0.15) is 0 Å². The summed E-state index contributed by atoms with van der Waals surface area (Å²) in [5.74, 6) is 0.917. The maximum atomic E-state index is 12.9. The lowest BCUT2D eigenvalue weighted by molar-refractivity contribution is -0.142. The highest BCUT2D eigenvalue weighted by atomic mass is 16.5. The molecule has 0 aromatic heterocycles. The molecule has 0 heterocycles. The van der Waals surface area contributed by atoms with Crippen LogP contribution in [0.5, 0.6) is 11.5 Å².